The quantitative estimate of drug-likeness (QED) is 0.712. The third-order valence-corrected chi connectivity index (χ3v) is 2.15. The van der Waals surface area contributed by atoms with Gasteiger partial charge in [0.15, 0.2) is 0 Å². The van der Waals surface area contributed by atoms with E-state index in [9.17, 15) is 0 Å². The van der Waals surface area contributed by atoms with Crippen molar-refractivity contribution in [2.75, 3.05) is 20.3 Å². The van der Waals surface area contributed by atoms with Gasteiger partial charge in [-0.2, -0.15) is 5.26 Å². The number of hydrogen-bond acceptors (Lipinski definition) is 4. The summed E-state index contributed by atoms with van der Waals surface area (Å²) in [7, 11) is 1.65. The van der Waals surface area contributed by atoms with E-state index in [1.54, 1.807) is 7.11 Å². The van der Waals surface area contributed by atoms with E-state index in [1.165, 1.54) is 0 Å². The fraction of sp³-hybridized carbons (Fsp3) is 0.500. The van der Waals surface area contributed by atoms with Crippen LogP contribution in [0, 0.1) is 25.2 Å². The predicted octanol–water partition coefficient (Wildman–Crippen LogP) is 1.99. The van der Waals surface area contributed by atoms with Crippen LogP contribution in [0.15, 0.2) is 6.07 Å². The summed E-state index contributed by atoms with van der Waals surface area (Å²) in [6, 6.07) is 3.99. The van der Waals surface area contributed by atoms with Crippen LogP contribution in [0.25, 0.3) is 0 Å². The van der Waals surface area contributed by atoms with Gasteiger partial charge in [-0.3, -0.25) is 0 Å². The number of nitriles is 1. The van der Waals surface area contributed by atoms with Crippen LogP contribution < -0.4 is 4.74 Å². The highest BCUT2D eigenvalue weighted by atomic mass is 16.5. The first-order chi connectivity index (χ1) is 7.69. The van der Waals surface area contributed by atoms with E-state index in [0.29, 0.717) is 24.7 Å². The van der Waals surface area contributed by atoms with Crippen molar-refractivity contribution in [2.24, 2.45) is 0 Å². The molecule has 0 atom stereocenters. The van der Waals surface area contributed by atoms with Gasteiger partial charge < -0.3 is 9.47 Å². The summed E-state index contributed by atoms with van der Waals surface area (Å²) in [5, 5.41) is 9.00. The Morgan fingerprint density at radius 3 is 2.75 bits per heavy atom. The fourth-order valence-corrected chi connectivity index (χ4v) is 1.42. The molecule has 1 aromatic rings. The summed E-state index contributed by atoms with van der Waals surface area (Å²) >= 11 is 0. The molecule has 0 radical (unpaired) electrons. The van der Waals surface area contributed by atoms with Crippen LogP contribution in [0.4, 0.5) is 0 Å². The van der Waals surface area contributed by atoms with Gasteiger partial charge in [-0.15, -0.1) is 0 Å². The van der Waals surface area contributed by atoms with Crippen LogP contribution >= 0.6 is 0 Å². The van der Waals surface area contributed by atoms with Gasteiger partial charge in [0.05, 0.1) is 6.61 Å². The monoisotopic (exact) mass is 220 g/mol. The maximum Gasteiger partial charge on any atom is 0.232 e. The minimum Gasteiger partial charge on any atom is -0.477 e. The molecule has 1 aromatic heterocycles. The van der Waals surface area contributed by atoms with Crippen LogP contribution in [-0.4, -0.2) is 25.3 Å². The molecule has 0 saturated carbocycles. The van der Waals surface area contributed by atoms with Crippen molar-refractivity contribution in [1.29, 1.82) is 5.26 Å². The molecule has 1 heterocycles. The van der Waals surface area contributed by atoms with E-state index >= 15 is 0 Å². The summed E-state index contributed by atoms with van der Waals surface area (Å²) in [6.07, 6.45) is 0.788. The van der Waals surface area contributed by atoms with E-state index in [2.05, 4.69) is 11.1 Å². The van der Waals surface area contributed by atoms with Crippen molar-refractivity contribution in [2.45, 2.75) is 20.3 Å². The largest absolute Gasteiger partial charge is 0.477 e. The Balaban J connectivity index is 2.75. The molecule has 0 amide bonds. The highest BCUT2D eigenvalue weighted by molar-refractivity contribution is 5.45. The average molecular weight is 220 g/mol. The minimum atomic E-state index is 0.427. The SMILES string of the molecule is COCCCOc1nc(C)cc(C)c1C#N. The molecule has 1 rings (SSSR count). The Morgan fingerprint density at radius 1 is 1.38 bits per heavy atom. The van der Waals surface area contributed by atoms with Crippen LogP contribution in [0.3, 0.4) is 0 Å². The molecule has 0 aliphatic heterocycles. The molecule has 0 saturated heterocycles. The number of rotatable bonds is 5. The molecule has 0 spiro atoms. The number of methoxy groups -OCH3 is 1. The zero-order chi connectivity index (χ0) is 12.0. The fourth-order valence-electron chi connectivity index (χ4n) is 1.42. The molecule has 86 valence electrons. The first kappa shape index (κ1) is 12.5. The molecule has 4 heteroatoms. The molecular weight excluding hydrogens is 204 g/mol. The number of hydrogen-bond donors (Lipinski definition) is 0. The highest BCUT2D eigenvalue weighted by Crippen LogP contribution is 2.19. The topological polar surface area (TPSA) is 55.1 Å². The van der Waals surface area contributed by atoms with Crippen molar-refractivity contribution < 1.29 is 9.47 Å². The summed E-state index contributed by atoms with van der Waals surface area (Å²) in [6.45, 7) is 4.93. The molecule has 4 nitrogen and oxygen atoms in total. The molecule has 0 fully saturated rings. The van der Waals surface area contributed by atoms with Gasteiger partial charge in [0.2, 0.25) is 5.88 Å². The molecule has 16 heavy (non-hydrogen) atoms. The number of nitrogens with zero attached hydrogens (tertiary/aromatic N) is 2. The number of aromatic nitrogens is 1. The van der Waals surface area contributed by atoms with Crippen molar-refractivity contribution in [3.05, 3.63) is 22.9 Å². The van der Waals surface area contributed by atoms with E-state index in [4.69, 9.17) is 14.7 Å². The molecule has 0 aromatic carbocycles. The van der Waals surface area contributed by atoms with E-state index in [0.717, 1.165) is 17.7 Å². The van der Waals surface area contributed by atoms with Gasteiger partial charge >= 0.3 is 0 Å². The molecule has 0 aliphatic rings. The lowest BCUT2D eigenvalue weighted by molar-refractivity contribution is 0.170. The number of ether oxygens (including phenoxy) is 2. The van der Waals surface area contributed by atoms with E-state index < -0.39 is 0 Å². The summed E-state index contributed by atoms with van der Waals surface area (Å²) in [5.74, 6) is 0.427. The maximum absolute atomic E-state index is 9.00. The van der Waals surface area contributed by atoms with Crippen molar-refractivity contribution in [3.8, 4) is 11.9 Å². The standard InChI is InChI=1S/C12H16N2O2/c1-9-7-10(2)14-12(11(9)8-13)16-6-4-5-15-3/h7H,4-6H2,1-3H3. The van der Waals surface area contributed by atoms with Crippen LogP contribution in [0.2, 0.25) is 0 Å². The maximum atomic E-state index is 9.00. The first-order valence-electron chi connectivity index (χ1n) is 5.19. The molecular formula is C12H16N2O2. The van der Waals surface area contributed by atoms with Crippen molar-refractivity contribution >= 4 is 0 Å². The van der Waals surface area contributed by atoms with Gasteiger partial charge in [-0.05, 0) is 25.5 Å². The molecule has 0 N–H and O–H groups in total. The first-order valence-corrected chi connectivity index (χ1v) is 5.19. The average Bonchev–Trinajstić information content (AvgIpc) is 2.24. The second-order valence-electron chi connectivity index (χ2n) is 3.57. The second kappa shape index (κ2) is 6.09. The lowest BCUT2D eigenvalue weighted by Gasteiger charge is -2.09. The molecule has 0 unspecified atom stereocenters. The van der Waals surface area contributed by atoms with Crippen molar-refractivity contribution in [1.82, 2.24) is 4.98 Å². The predicted molar refractivity (Wildman–Crippen MR) is 60.4 cm³/mol. The van der Waals surface area contributed by atoms with Crippen LogP contribution in [-0.2, 0) is 4.74 Å². The Hall–Kier alpha value is -1.60. The second-order valence-corrected chi connectivity index (χ2v) is 3.57. The van der Waals surface area contributed by atoms with Crippen molar-refractivity contribution in [3.63, 3.8) is 0 Å². The van der Waals surface area contributed by atoms with Gasteiger partial charge in [0.25, 0.3) is 0 Å². The van der Waals surface area contributed by atoms with Crippen LogP contribution in [0.1, 0.15) is 23.2 Å². The Morgan fingerprint density at radius 2 is 2.12 bits per heavy atom. The van der Waals surface area contributed by atoms with Gasteiger partial charge in [0, 0.05) is 25.8 Å². The van der Waals surface area contributed by atoms with Crippen LogP contribution in [0.5, 0.6) is 5.88 Å². The van der Waals surface area contributed by atoms with E-state index in [1.807, 2.05) is 19.9 Å². The zero-order valence-corrected chi connectivity index (χ0v) is 9.91. The normalized spacial score (nSPS) is 9.88. The van der Waals surface area contributed by atoms with Gasteiger partial charge in [0.1, 0.15) is 11.6 Å². The Kier molecular flexibility index (Phi) is 4.74. The lowest BCUT2D eigenvalue weighted by atomic mass is 10.1. The summed E-state index contributed by atoms with van der Waals surface area (Å²) in [4.78, 5) is 4.22. The smallest absolute Gasteiger partial charge is 0.232 e. The van der Waals surface area contributed by atoms with Gasteiger partial charge in [-0.25, -0.2) is 4.98 Å². The third kappa shape index (κ3) is 3.21. The third-order valence-electron chi connectivity index (χ3n) is 2.15. The Bertz CT molecular complexity index is 397. The summed E-state index contributed by atoms with van der Waals surface area (Å²) < 4.78 is 10.4. The highest BCUT2D eigenvalue weighted by Gasteiger charge is 2.09. The minimum absolute atomic E-state index is 0.427. The lowest BCUT2D eigenvalue weighted by Crippen LogP contribution is -2.05. The number of pyridine rings is 1. The van der Waals surface area contributed by atoms with E-state index in [-0.39, 0.29) is 0 Å². The van der Waals surface area contributed by atoms with Gasteiger partial charge in [-0.1, -0.05) is 0 Å². The summed E-state index contributed by atoms with van der Waals surface area (Å²) in [5.41, 5.74) is 2.28. The molecule has 0 aliphatic carbocycles. The Labute approximate surface area is 95.8 Å². The number of aryl methyl sites for hydroxylation is 2. The zero-order valence-electron chi connectivity index (χ0n) is 9.91. The molecule has 0 bridgehead atoms.